The third-order valence-corrected chi connectivity index (χ3v) is 4.38. The molecule has 5 nitrogen and oxygen atoms in total. The van der Waals surface area contributed by atoms with Crippen LogP contribution < -0.4 is 0 Å². The van der Waals surface area contributed by atoms with Gasteiger partial charge in [-0.25, -0.2) is 4.79 Å². The SMILES string of the molecule is CCCCCCCC(OC(=O)C=O)[P+](=O)OCCCCC.[Ti]. The fourth-order valence-corrected chi connectivity index (χ4v) is 2.94. The second-order valence-corrected chi connectivity index (χ2v) is 6.44. The minimum Gasteiger partial charge on any atom is -0.408 e. The van der Waals surface area contributed by atoms with Crippen LogP contribution in [0.2, 0.25) is 0 Å². The van der Waals surface area contributed by atoms with Gasteiger partial charge in [0.05, 0.1) is 0 Å². The summed E-state index contributed by atoms with van der Waals surface area (Å²) in [4.78, 5) is 21.4. The molecule has 0 saturated heterocycles. The fourth-order valence-electron chi connectivity index (χ4n) is 1.88. The Hall–Kier alpha value is -0.0857. The van der Waals surface area contributed by atoms with Gasteiger partial charge in [-0.1, -0.05) is 52.4 Å². The van der Waals surface area contributed by atoms with Gasteiger partial charge in [0.25, 0.3) is 0 Å². The molecular weight excluding hydrogens is 339 g/mol. The molecule has 126 valence electrons. The summed E-state index contributed by atoms with van der Waals surface area (Å²) >= 11 is 0. The summed E-state index contributed by atoms with van der Waals surface area (Å²) in [7, 11) is -2.08. The number of unbranched alkanes of at least 4 members (excludes halogenated alkanes) is 6. The molecule has 0 radical (unpaired) electrons. The molecule has 2 unspecified atom stereocenters. The van der Waals surface area contributed by atoms with Crippen molar-refractivity contribution in [1.29, 1.82) is 0 Å². The molecule has 0 spiro atoms. The van der Waals surface area contributed by atoms with E-state index in [-0.39, 0.29) is 28.0 Å². The first-order chi connectivity index (χ1) is 10.2. The maximum Gasteiger partial charge on any atom is 0.553 e. The molecule has 0 N–H and O–H groups in total. The van der Waals surface area contributed by atoms with Crippen LogP contribution in [0.25, 0.3) is 0 Å². The number of carbonyl (C=O) groups excluding carboxylic acids is 2. The van der Waals surface area contributed by atoms with Crippen LogP contribution in [0.15, 0.2) is 0 Å². The van der Waals surface area contributed by atoms with Crippen LogP contribution >= 0.6 is 8.03 Å². The molecule has 7 heteroatoms. The Labute approximate surface area is 149 Å². The number of carbonyl (C=O) groups is 2. The summed E-state index contributed by atoms with van der Waals surface area (Å²) in [5.41, 5.74) is 0. The molecule has 0 aliphatic heterocycles. The van der Waals surface area contributed by atoms with Crippen LogP contribution in [0.3, 0.4) is 0 Å². The van der Waals surface area contributed by atoms with Crippen LogP contribution in [-0.4, -0.2) is 24.7 Å². The van der Waals surface area contributed by atoms with E-state index in [9.17, 15) is 14.2 Å². The van der Waals surface area contributed by atoms with E-state index in [0.717, 1.165) is 44.9 Å². The van der Waals surface area contributed by atoms with Gasteiger partial charge in [0.15, 0.2) is 0 Å². The quantitative estimate of drug-likeness (QED) is 0.114. The van der Waals surface area contributed by atoms with E-state index < -0.39 is 19.8 Å². The van der Waals surface area contributed by atoms with Gasteiger partial charge in [-0.05, 0) is 17.4 Å². The second-order valence-electron chi connectivity index (χ2n) is 5.04. The fraction of sp³-hybridized carbons (Fsp3) is 0.867. The van der Waals surface area contributed by atoms with Crippen molar-refractivity contribution in [3.63, 3.8) is 0 Å². The van der Waals surface area contributed by atoms with Gasteiger partial charge in [0.2, 0.25) is 6.29 Å². The van der Waals surface area contributed by atoms with Gasteiger partial charge < -0.3 is 4.74 Å². The molecular formula is C15H28O5PTi+. The standard InChI is InChI=1S/C15H28O5P.Ti/c1-3-5-7-8-9-11-15(20-14(17)13-16)21(18)19-12-10-6-4-2;/h13,15H,3-12H2,1-2H3;/q+1;. The van der Waals surface area contributed by atoms with Crippen molar-refractivity contribution in [2.75, 3.05) is 6.61 Å². The topological polar surface area (TPSA) is 69.7 Å². The van der Waals surface area contributed by atoms with E-state index in [4.69, 9.17) is 9.26 Å². The first kappa shape index (κ1) is 24.2. The van der Waals surface area contributed by atoms with E-state index in [1.54, 1.807) is 0 Å². The molecule has 0 heterocycles. The molecule has 0 rings (SSSR count). The summed E-state index contributed by atoms with van der Waals surface area (Å²) in [5.74, 6) is -1.78. The van der Waals surface area contributed by atoms with E-state index in [2.05, 4.69) is 13.8 Å². The van der Waals surface area contributed by atoms with Gasteiger partial charge in [-0.3, -0.25) is 4.79 Å². The summed E-state index contributed by atoms with van der Waals surface area (Å²) in [6, 6.07) is 0. The smallest absolute Gasteiger partial charge is 0.408 e. The molecule has 2 atom stereocenters. The third-order valence-electron chi connectivity index (χ3n) is 3.10. The van der Waals surface area contributed by atoms with Crippen molar-refractivity contribution in [3.05, 3.63) is 0 Å². The monoisotopic (exact) mass is 367 g/mol. The van der Waals surface area contributed by atoms with Gasteiger partial charge in [0, 0.05) is 28.1 Å². The predicted octanol–water partition coefficient (Wildman–Crippen LogP) is 4.36. The molecule has 0 aliphatic carbocycles. The maximum absolute atomic E-state index is 12.0. The first-order valence-corrected chi connectivity index (χ1v) is 9.15. The molecule has 0 aromatic carbocycles. The van der Waals surface area contributed by atoms with Crippen molar-refractivity contribution in [1.82, 2.24) is 0 Å². The number of ether oxygens (including phenoxy) is 1. The van der Waals surface area contributed by atoms with E-state index in [1.807, 2.05) is 0 Å². The Balaban J connectivity index is 0. The Morgan fingerprint density at radius 1 is 1.05 bits per heavy atom. The van der Waals surface area contributed by atoms with E-state index in [0.29, 0.717) is 13.0 Å². The molecule has 0 fully saturated rings. The van der Waals surface area contributed by atoms with E-state index in [1.165, 1.54) is 6.42 Å². The average molecular weight is 367 g/mol. The number of rotatable bonds is 14. The normalized spacial score (nSPS) is 12.2. The van der Waals surface area contributed by atoms with Crippen molar-refractivity contribution >= 4 is 20.3 Å². The van der Waals surface area contributed by atoms with Gasteiger partial charge in [-0.15, -0.1) is 4.52 Å². The van der Waals surface area contributed by atoms with Crippen LogP contribution in [-0.2, 0) is 45.1 Å². The number of aldehydes is 1. The second kappa shape index (κ2) is 17.3. The van der Waals surface area contributed by atoms with Crippen molar-refractivity contribution in [2.45, 2.75) is 77.5 Å². The Bertz CT molecular complexity index is 312. The van der Waals surface area contributed by atoms with Crippen LogP contribution in [0, 0.1) is 0 Å². The summed E-state index contributed by atoms with van der Waals surface area (Å²) in [6.45, 7) is 4.61. The maximum atomic E-state index is 12.0. The largest absolute Gasteiger partial charge is 0.553 e. The Kier molecular flexibility index (Phi) is 19.0. The van der Waals surface area contributed by atoms with Gasteiger partial charge in [-0.2, -0.15) is 0 Å². The number of hydrogen-bond donors (Lipinski definition) is 0. The molecule has 22 heavy (non-hydrogen) atoms. The molecule has 0 aromatic rings. The summed E-state index contributed by atoms with van der Waals surface area (Å²) in [6.07, 6.45) is 8.73. The molecule has 0 saturated carbocycles. The molecule has 0 aromatic heterocycles. The number of hydrogen-bond acceptors (Lipinski definition) is 5. The zero-order valence-electron chi connectivity index (χ0n) is 13.7. The first-order valence-electron chi connectivity index (χ1n) is 7.90. The minimum absolute atomic E-state index is 0. The predicted molar refractivity (Wildman–Crippen MR) is 82.4 cm³/mol. The van der Waals surface area contributed by atoms with Crippen molar-refractivity contribution < 1.29 is 45.1 Å². The minimum atomic E-state index is -2.08. The van der Waals surface area contributed by atoms with Crippen LogP contribution in [0.1, 0.15) is 71.6 Å². The zero-order valence-corrected chi connectivity index (χ0v) is 16.2. The Morgan fingerprint density at radius 2 is 1.64 bits per heavy atom. The molecule has 0 aliphatic rings. The molecule has 0 amide bonds. The van der Waals surface area contributed by atoms with Crippen LogP contribution in [0.4, 0.5) is 0 Å². The average Bonchev–Trinajstić information content (AvgIpc) is 2.49. The molecule has 0 bridgehead atoms. The summed E-state index contributed by atoms with van der Waals surface area (Å²) < 4.78 is 22.2. The van der Waals surface area contributed by atoms with Crippen molar-refractivity contribution in [2.24, 2.45) is 0 Å². The van der Waals surface area contributed by atoms with Crippen LogP contribution in [0.5, 0.6) is 0 Å². The summed E-state index contributed by atoms with van der Waals surface area (Å²) in [5, 5.41) is 0. The zero-order chi connectivity index (χ0) is 15.9. The van der Waals surface area contributed by atoms with Gasteiger partial charge >= 0.3 is 19.8 Å². The third kappa shape index (κ3) is 13.6. The van der Waals surface area contributed by atoms with E-state index >= 15 is 0 Å². The Morgan fingerprint density at radius 3 is 2.23 bits per heavy atom. The van der Waals surface area contributed by atoms with Gasteiger partial charge in [0.1, 0.15) is 6.61 Å². The van der Waals surface area contributed by atoms with Crippen molar-refractivity contribution in [3.8, 4) is 0 Å². The number of esters is 1.